The van der Waals surface area contributed by atoms with Crippen molar-refractivity contribution >= 4 is 13.4 Å². The summed E-state index contributed by atoms with van der Waals surface area (Å²) < 4.78 is 9.85. The fraction of sp³-hybridized carbons (Fsp3) is 0.750. The fourth-order valence-corrected chi connectivity index (χ4v) is 0.217. The maximum absolute atomic E-state index is 9.85. The molecule has 0 spiro atoms. The molecule has 0 N–H and O–H groups in total. The zero-order valence-electron chi connectivity index (χ0n) is 4.12. The molecule has 0 saturated heterocycles. The van der Waals surface area contributed by atoms with E-state index in [1.54, 1.807) is 0 Å². The molecule has 0 aliphatic rings. The first-order chi connectivity index (χ1) is 2.81. The molecule has 36 valence electrons. The molecule has 0 saturated carbocycles. The van der Waals surface area contributed by atoms with E-state index in [2.05, 4.69) is 0 Å². The Morgan fingerprint density at radius 3 is 2.33 bits per heavy atom. The van der Waals surface area contributed by atoms with Gasteiger partial charge in [-0.25, -0.2) is 0 Å². The second kappa shape index (κ2) is 3.17. The lowest BCUT2D eigenvalue weighted by Crippen LogP contribution is -1.75. The lowest BCUT2D eigenvalue weighted by atomic mass is 10.4. The van der Waals surface area contributed by atoms with Gasteiger partial charge in [0.15, 0.2) is 0 Å². The Morgan fingerprint density at radius 1 is 1.83 bits per heavy atom. The molecular weight excluding hydrogens is 95.0 g/mol. The second-order valence-electron chi connectivity index (χ2n) is 1.24. The lowest BCUT2D eigenvalue weighted by Gasteiger charge is -1.78. The molecule has 0 bridgehead atoms. The molecular formula is C4H9OP. The van der Waals surface area contributed by atoms with Crippen molar-refractivity contribution < 1.29 is 4.57 Å². The highest BCUT2D eigenvalue weighted by molar-refractivity contribution is 7.27. The third-order valence-corrected chi connectivity index (χ3v) is 1.41. The SMILES string of the molecule is CCC(C)=[PH]=O. The minimum absolute atomic E-state index is 0.202. The Balaban J connectivity index is 3.52. The molecule has 0 aliphatic carbocycles. The van der Waals surface area contributed by atoms with Gasteiger partial charge >= 0.3 is 0 Å². The topological polar surface area (TPSA) is 17.1 Å². The van der Waals surface area contributed by atoms with E-state index < -0.39 is 0 Å². The second-order valence-corrected chi connectivity index (χ2v) is 2.29. The van der Waals surface area contributed by atoms with E-state index in [1.165, 1.54) is 0 Å². The highest BCUT2D eigenvalue weighted by Gasteiger charge is 1.73. The summed E-state index contributed by atoms with van der Waals surface area (Å²) in [6, 6.07) is 0. The van der Waals surface area contributed by atoms with Gasteiger partial charge in [0.25, 0.3) is 0 Å². The highest BCUT2D eigenvalue weighted by Crippen LogP contribution is 1.86. The molecule has 2 heteroatoms. The predicted molar refractivity (Wildman–Crippen MR) is 30.0 cm³/mol. The minimum Gasteiger partial charge on any atom is -0.286 e. The quantitative estimate of drug-likeness (QED) is 0.462. The van der Waals surface area contributed by atoms with Crippen molar-refractivity contribution in [1.82, 2.24) is 0 Å². The third-order valence-electron chi connectivity index (χ3n) is 0.705. The Hall–Kier alpha value is -0.0300. The van der Waals surface area contributed by atoms with Crippen molar-refractivity contribution in [3.8, 4) is 0 Å². The third kappa shape index (κ3) is 2.22. The van der Waals surface area contributed by atoms with Gasteiger partial charge in [-0.2, -0.15) is 0 Å². The molecule has 0 aromatic rings. The summed E-state index contributed by atoms with van der Waals surface area (Å²) in [6.45, 7) is 3.89. The molecule has 1 unspecified atom stereocenters. The van der Waals surface area contributed by atoms with E-state index in [4.69, 9.17) is 0 Å². The predicted octanol–water partition coefficient (Wildman–Crippen LogP) is 1.61. The monoisotopic (exact) mass is 104 g/mol. The van der Waals surface area contributed by atoms with Gasteiger partial charge in [-0.3, -0.25) is 4.57 Å². The smallest absolute Gasteiger partial charge is 0.0816 e. The average molecular weight is 104 g/mol. The molecule has 1 nitrogen and oxygen atoms in total. The van der Waals surface area contributed by atoms with Crippen molar-refractivity contribution in [3.05, 3.63) is 0 Å². The Kier molecular flexibility index (Phi) is 3.16. The Labute approximate surface area is 39.2 Å². The Morgan fingerprint density at radius 2 is 2.33 bits per heavy atom. The highest BCUT2D eigenvalue weighted by atomic mass is 31.0. The maximum atomic E-state index is 9.85. The van der Waals surface area contributed by atoms with Crippen molar-refractivity contribution in [2.45, 2.75) is 20.3 Å². The first-order valence-electron chi connectivity index (χ1n) is 2.01. The summed E-state index contributed by atoms with van der Waals surface area (Å²) in [6.07, 6.45) is 0.946. The summed E-state index contributed by atoms with van der Waals surface area (Å²) in [5.74, 6) is 0. The fourth-order valence-electron chi connectivity index (χ4n) is 0.0722. The van der Waals surface area contributed by atoms with Crippen LogP contribution in [-0.2, 0) is 4.57 Å². The molecule has 6 heavy (non-hydrogen) atoms. The van der Waals surface area contributed by atoms with Crippen LogP contribution in [0.1, 0.15) is 20.3 Å². The van der Waals surface area contributed by atoms with Gasteiger partial charge in [0, 0.05) is 0 Å². The van der Waals surface area contributed by atoms with Crippen LogP contribution in [0.5, 0.6) is 0 Å². The molecule has 0 fully saturated rings. The lowest BCUT2D eigenvalue weighted by molar-refractivity contribution is 0.605. The molecule has 0 rings (SSSR count). The van der Waals surface area contributed by atoms with Crippen molar-refractivity contribution in [1.29, 1.82) is 0 Å². The van der Waals surface area contributed by atoms with Crippen LogP contribution in [0.2, 0.25) is 0 Å². The van der Waals surface area contributed by atoms with Gasteiger partial charge in [0.2, 0.25) is 0 Å². The molecule has 0 aliphatic heterocycles. The van der Waals surface area contributed by atoms with E-state index in [1.807, 2.05) is 13.8 Å². The van der Waals surface area contributed by atoms with E-state index in [9.17, 15) is 4.57 Å². The first-order valence-corrected chi connectivity index (χ1v) is 2.92. The molecule has 0 amide bonds. The van der Waals surface area contributed by atoms with E-state index in [0.29, 0.717) is 0 Å². The van der Waals surface area contributed by atoms with Crippen LogP contribution in [0.4, 0.5) is 0 Å². The van der Waals surface area contributed by atoms with Gasteiger partial charge < -0.3 is 0 Å². The Bertz CT molecular complexity index is 81.5. The summed E-state index contributed by atoms with van der Waals surface area (Å²) >= 11 is 0. The largest absolute Gasteiger partial charge is 0.286 e. The van der Waals surface area contributed by atoms with Crippen LogP contribution in [-0.4, -0.2) is 5.29 Å². The summed E-state index contributed by atoms with van der Waals surface area (Å²) in [5, 5.41) is 1.06. The molecule has 1 atom stereocenters. The van der Waals surface area contributed by atoms with Crippen LogP contribution >= 0.6 is 8.08 Å². The van der Waals surface area contributed by atoms with E-state index in [0.717, 1.165) is 11.7 Å². The van der Waals surface area contributed by atoms with Gasteiger partial charge in [-0.15, -0.1) is 0 Å². The molecule has 0 radical (unpaired) electrons. The van der Waals surface area contributed by atoms with E-state index >= 15 is 0 Å². The van der Waals surface area contributed by atoms with E-state index in [-0.39, 0.29) is 8.08 Å². The first kappa shape index (κ1) is 5.97. The van der Waals surface area contributed by atoms with Crippen LogP contribution in [0.3, 0.4) is 0 Å². The van der Waals surface area contributed by atoms with Gasteiger partial charge in [-0.1, -0.05) is 6.92 Å². The number of hydrogen-bond donors (Lipinski definition) is 0. The van der Waals surface area contributed by atoms with Crippen LogP contribution in [0.15, 0.2) is 0 Å². The number of hydrogen-bond acceptors (Lipinski definition) is 1. The van der Waals surface area contributed by atoms with Crippen LogP contribution in [0, 0.1) is 0 Å². The van der Waals surface area contributed by atoms with Gasteiger partial charge in [0.05, 0.1) is 8.08 Å². The van der Waals surface area contributed by atoms with Crippen molar-refractivity contribution in [3.63, 3.8) is 0 Å². The number of rotatable bonds is 1. The van der Waals surface area contributed by atoms with Gasteiger partial charge in [-0.05, 0) is 18.6 Å². The average Bonchev–Trinajstić information content (AvgIpc) is 1.65. The molecule has 0 aromatic heterocycles. The minimum atomic E-state index is -0.202. The summed E-state index contributed by atoms with van der Waals surface area (Å²) in [5.41, 5.74) is 0. The van der Waals surface area contributed by atoms with Gasteiger partial charge in [0.1, 0.15) is 0 Å². The zero-order chi connectivity index (χ0) is 4.99. The zero-order valence-corrected chi connectivity index (χ0v) is 5.12. The normalized spacial score (nSPS) is 9.00. The van der Waals surface area contributed by atoms with Crippen LogP contribution in [0.25, 0.3) is 0 Å². The molecule has 0 heterocycles. The van der Waals surface area contributed by atoms with Crippen molar-refractivity contribution in [2.24, 2.45) is 0 Å². The van der Waals surface area contributed by atoms with Crippen molar-refractivity contribution in [2.75, 3.05) is 0 Å². The summed E-state index contributed by atoms with van der Waals surface area (Å²) in [4.78, 5) is 0. The summed E-state index contributed by atoms with van der Waals surface area (Å²) in [7, 11) is -0.202. The van der Waals surface area contributed by atoms with Crippen LogP contribution < -0.4 is 0 Å². The standard InChI is InChI=1S/C4H9OP/c1-3-4(2)6-5/h6H,3H2,1-2H3. The molecule has 0 aromatic carbocycles. The maximum Gasteiger partial charge on any atom is 0.0816 e.